The Morgan fingerprint density at radius 2 is 2.06 bits per heavy atom. The summed E-state index contributed by atoms with van der Waals surface area (Å²) in [6, 6.07) is 8.26. The lowest BCUT2D eigenvalue weighted by Crippen LogP contribution is -2.61. The summed E-state index contributed by atoms with van der Waals surface area (Å²) in [6.45, 7) is 1.57. The molecule has 1 aromatic rings. The zero-order valence-electron chi connectivity index (χ0n) is 9.43. The van der Waals surface area contributed by atoms with Gasteiger partial charge in [-0.1, -0.05) is 28.1 Å². The second-order valence-electron chi connectivity index (χ2n) is 4.64. The second kappa shape index (κ2) is 4.42. The second-order valence-corrected chi connectivity index (χ2v) is 5.56. The van der Waals surface area contributed by atoms with Crippen molar-refractivity contribution in [1.82, 2.24) is 4.90 Å². The van der Waals surface area contributed by atoms with E-state index in [4.69, 9.17) is 4.74 Å². The number of nitrogens with zero attached hydrogens (tertiary/aromatic N) is 1. The van der Waals surface area contributed by atoms with E-state index in [-0.39, 0.29) is 12.0 Å². The fraction of sp³-hybridized carbons (Fsp3) is 0.462. The van der Waals surface area contributed by atoms with Crippen molar-refractivity contribution >= 4 is 21.8 Å². The highest BCUT2D eigenvalue weighted by atomic mass is 79.9. The monoisotopic (exact) mass is 295 g/mol. The van der Waals surface area contributed by atoms with Gasteiger partial charge in [0.05, 0.1) is 6.10 Å². The minimum atomic E-state index is -0.140. The standard InChI is InChI=1S/C13H14BrNO2/c14-10-3-1-9(2-4-10)5-6-15-8-11-7-12(17-11)13(15)16/h1-4,11-12H,5-8H2. The largest absolute Gasteiger partial charge is 0.363 e. The van der Waals surface area contributed by atoms with E-state index in [2.05, 4.69) is 28.1 Å². The van der Waals surface area contributed by atoms with E-state index in [1.165, 1.54) is 5.56 Å². The minimum absolute atomic E-state index is 0.140. The van der Waals surface area contributed by atoms with Gasteiger partial charge in [0.25, 0.3) is 5.91 Å². The summed E-state index contributed by atoms with van der Waals surface area (Å²) in [5, 5.41) is 0. The predicted molar refractivity (Wildman–Crippen MR) is 67.7 cm³/mol. The van der Waals surface area contributed by atoms with Crippen molar-refractivity contribution < 1.29 is 9.53 Å². The highest BCUT2D eigenvalue weighted by molar-refractivity contribution is 9.10. The van der Waals surface area contributed by atoms with Gasteiger partial charge < -0.3 is 9.64 Å². The fourth-order valence-corrected chi connectivity index (χ4v) is 2.66. The van der Waals surface area contributed by atoms with Gasteiger partial charge in [-0.3, -0.25) is 4.79 Å². The molecule has 0 N–H and O–H groups in total. The quantitative estimate of drug-likeness (QED) is 0.854. The van der Waals surface area contributed by atoms with Gasteiger partial charge in [-0.15, -0.1) is 0 Å². The molecular formula is C13H14BrNO2. The first-order chi connectivity index (χ1) is 8.22. The molecule has 3 heterocycles. The SMILES string of the molecule is O=C1C2CC(CN1CCc1ccc(Br)cc1)O2. The van der Waals surface area contributed by atoms with Crippen LogP contribution in [0.2, 0.25) is 0 Å². The smallest absolute Gasteiger partial charge is 0.251 e. The summed E-state index contributed by atoms with van der Waals surface area (Å²) in [6.07, 6.45) is 1.99. The highest BCUT2D eigenvalue weighted by Gasteiger charge is 2.44. The van der Waals surface area contributed by atoms with Gasteiger partial charge in [0, 0.05) is 24.0 Å². The summed E-state index contributed by atoms with van der Waals surface area (Å²) >= 11 is 3.42. The van der Waals surface area contributed by atoms with Crippen LogP contribution in [0.3, 0.4) is 0 Å². The molecule has 2 atom stereocenters. The Morgan fingerprint density at radius 3 is 2.71 bits per heavy atom. The van der Waals surface area contributed by atoms with Crippen molar-refractivity contribution in [1.29, 1.82) is 0 Å². The molecule has 2 bridgehead atoms. The van der Waals surface area contributed by atoms with Crippen molar-refractivity contribution in [2.75, 3.05) is 13.1 Å². The highest BCUT2D eigenvalue weighted by Crippen LogP contribution is 2.29. The van der Waals surface area contributed by atoms with E-state index in [0.29, 0.717) is 6.10 Å². The number of amides is 1. The van der Waals surface area contributed by atoms with Gasteiger partial charge >= 0.3 is 0 Å². The molecule has 3 aliphatic heterocycles. The summed E-state index contributed by atoms with van der Waals surface area (Å²) in [7, 11) is 0. The van der Waals surface area contributed by atoms with Crippen LogP contribution in [0.15, 0.2) is 28.7 Å². The maximum absolute atomic E-state index is 11.8. The summed E-state index contributed by atoms with van der Waals surface area (Å²) in [4.78, 5) is 13.8. The molecule has 3 fully saturated rings. The molecule has 4 heteroatoms. The molecular weight excluding hydrogens is 282 g/mol. The number of hydrogen-bond donors (Lipinski definition) is 0. The molecule has 1 aromatic carbocycles. The Morgan fingerprint density at radius 1 is 1.35 bits per heavy atom. The van der Waals surface area contributed by atoms with E-state index in [0.717, 1.165) is 30.4 Å². The van der Waals surface area contributed by atoms with Gasteiger partial charge in [0.2, 0.25) is 0 Å². The zero-order chi connectivity index (χ0) is 11.8. The van der Waals surface area contributed by atoms with Crippen molar-refractivity contribution in [3.63, 3.8) is 0 Å². The summed E-state index contributed by atoms with van der Waals surface area (Å²) in [5.74, 6) is 0.171. The first-order valence-electron chi connectivity index (χ1n) is 5.91. The number of ether oxygens (including phenoxy) is 1. The van der Waals surface area contributed by atoms with Gasteiger partial charge in [-0.25, -0.2) is 0 Å². The molecule has 3 aliphatic rings. The van der Waals surface area contributed by atoms with Crippen molar-refractivity contribution in [3.8, 4) is 0 Å². The number of halogens is 1. The number of carbonyl (C=O) groups excluding carboxylic acids is 1. The van der Waals surface area contributed by atoms with Gasteiger partial charge in [0.15, 0.2) is 0 Å². The Balaban J connectivity index is 1.57. The van der Waals surface area contributed by atoms with Crippen LogP contribution in [0.1, 0.15) is 12.0 Å². The topological polar surface area (TPSA) is 29.5 Å². The first-order valence-corrected chi connectivity index (χ1v) is 6.70. The lowest BCUT2D eigenvalue weighted by Gasteiger charge is -2.46. The van der Waals surface area contributed by atoms with Gasteiger partial charge in [-0.2, -0.15) is 0 Å². The molecule has 3 saturated heterocycles. The molecule has 3 nitrogen and oxygen atoms in total. The van der Waals surface area contributed by atoms with E-state index < -0.39 is 0 Å². The third-order valence-electron chi connectivity index (χ3n) is 3.43. The predicted octanol–water partition coefficient (Wildman–Crippen LogP) is 1.99. The van der Waals surface area contributed by atoms with Crippen LogP contribution in [0.4, 0.5) is 0 Å². The summed E-state index contributed by atoms with van der Waals surface area (Å²) in [5.41, 5.74) is 1.26. The van der Waals surface area contributed by atoms with Crippen LogP contribution in [0.25, 0.3) is 0 Å². The number of carbonyl (C=O) groups is 1. The van der Waals surface area contributed by atoms with Gasteiger partial charge in [0.1, 0.15) is 6.10 Å². The van der Waals surface area contributed by atoms with Crippen LogP contribution >= 0.6 is 15.9 Å². The molecule has 2 unspecified atom stereocenters. The molecule has 0 saturated carbocycles. The normalized spacial score (nSPS) is 26.9. The summed E-state index contributed by atoms with van der Waals surface area (Å²) < 4.78 is 6.48. The third-order valence-corrected chi connectivity index (χ3v) is 3.96. The number of benzene rings is 1. The Hall–Kier alpha value is -0.870. The van der Waals surface area contributed by atoms with E-state index in [9.17, 15) is 4.79 Å². The first kappa shape index (κ1) is 11.2. The van der Waals surface area contributed by atoms with Crippen LogP contribution in [-0.2, 0) is 16.0 Å². The molecule has 4 rings (SSSR count). The number of fused-ring (bicyclic) bond motifs is 2. The average Bonchev–Trinajstić information content (AvgIpc) is 2.28. The van der Waals surface area contributed by atoms with Crippen LogP contribution < -0.4 is 0 Å². The number of hydrogen-bond acceptors (Lipinski definition) is 2. The van der Waals surface area contributed by atoms with Gasteiger partial charge in [-0.05, 0) is 24.1 Å². The number of piperidine rings is 1. The van der Waals surface area contributed by atoms with Crippen LogP contribution in [0, 0.1) is 0 Å². The van der Waals surface area contributed by atoms with Crippen molar-refractivity contribution in [2.45, 2.75) is 25.0 Å². The third kappa shape index (κ3) is 2.24. The molecule has 0 spiro atoms. The zero-order valence-corrected chi connectivity index (χ0v) is 11.0. The fourth-order valence-electron chi connectivity index (χ4n) is 2.39. The average molecular weight is 296 g/mol. The number of rotatable bonds is 3. The van der Waals surface area contributed by atoms with E-state index >= 15 is 0 Å². The van der Waals surface area contributed by atoms with E-state index in [1.54, 1.807) is 0 Å². The Bertz CT molecular complexity index is 426. The minimum Gasteiger partial charge on any atom is -0.363 e. The molecule has 0 aliphatic carbocycles. The maximum Gasteiger partial charge on any atom is 0.251 e. The van der Waals surface area contributed by atoms with Crippen LogP contribution in [0.5, 0.6) is 0 Å². The van der Waals surface area contributed by atoms with Crippen molar-refractivity contribution in [3.05, 3.63) is 34.3 Å². The van der Waals surface area contributed by atoms with E-state index in [1.807, 2.05) is 17.0 Å². The van der Waals surface area contributed by atoms with Crippen LogP contribution in [-0.4, -0.2) is 36.1 Å². The molecule has 90 valence electrons. The molecule has 17 heavy (non-hydrogen) atoms. The lowest BCUT2D eigenvalue weighted by molar-refractivity contribution is -0.197. The molecule has 0 aromatic heterocycles. The molecule has 1 amide bonds. The maximum atomic E-state index is 11.8. The Labute approximate surface area is 109 Å². The Kier molecular flexibility index (Phi) is 2.92. The lowest BCUT2D eigenvalue weighted by atomic mass is 9.97. The number of morpholine rings is 1. The van der Waals surface area contributed by atoms with Crippen molar-refractivity contribution in [2.24, 2.45) is 0 Å². The molecule has 0 radical (unpaired) electrons.